The Morgan fingerprint density at radius 1 is 0.962 bits per heavy atom. The summed E-state index contributed by atoms with van der Waals surface area (Å²) in [7, 11) is 1.62. The molecule has 0 heterocycles. The highest BCUT2D eigenvalue weighted by atomic mass is 35.5. The van der Waals surface area contributed by atoms with Gasteiger partial charge < -0.3 is 9.84 Å². The van der Waals surface area contributed by atoms with Gasteiger partial charge in [-0.3, -0.25) is 4.79 Å². The molecule has 0 fully saturated rings. The fraction of sp³-hybridized carbons (Fsp3) is 0.200. The Morgan fingerprint density at radius 2 is 1.50 bits per heavy atom. The summed E-state index contributed by atoms with van der Waals surface area (Å²) in [6, 6.07) is 14.8. The summed E-state index contributed by atoms with van der Waals surface area (Å²) in [5.41, 5.74) is 2.93. The predicted octanol–water partition coefficient (Wildman–Crippen LogP) is 4.41. The van der Waals surface area contributed by atoms with E-state index in [-0.39, 0.29) is 11.1 Å². The Hall–Kier alpha value is -2.79. The van der Waals surface area contributed by atoms with Crippen molar-refractivity contribution < 1.29 is 19.4 Å². The molecule has 1 aliphatic carbocycles. The van der Waals surface area contributed by atoms with E-state index in [4.69, 9.17) is 16.5 Å². The van der Waals surface area contributed by atoms with Crippen LogP contribution in [0.3, 0.4) is 0 Å². The van der Waals surface area contributed by atoms with Crippen LogP contribution in [0.5, 0.6) is 5.75 Å². The molecule has 2 aromatic rings. The van der Waals surface area contributed by atoms with E-state index in [1.54, 1.807) is 19.2 Å². The van der Waals surface area contributed by atoms with Crippen LogP contribution in [0.15, 0.2) is 59.7 Å². The van der Waals surface area contributed by atoms with Crippen LogP contribution in [-0.2, 0) is 9.59 Å². The van der Waals surface area contributed by atoms with E-state index in [2.05, 4.69) is 0 Å². The van der Waals surface area contributed by atoms with Gasteiger partial charge in [0.2, 0.25) is 0 Å². The Kier molecular flexibility index (Phi) is 5.28. The number of hydrogen-bond acceptors (Lipinski definition) is 3. The SMILES string of the molecule is COc1ccc(-c2ccc(N(Cl)C(=O)C3=C(C(=O)O)CCC3)cc2)cc1. The number of hydrogen-bond donors (Lipinski definition) is 1. The largest absolute Gasteiger partial charge is 0.497 e. The number of methoxy groups -OCH3 is 1. The number of amides is 1. The summed E-state index contributed by atoms with van der Waals surface area (Å²) in [5.74, 6) is -0.744. The molecular formula is C20H18ClNO4. The van der Waals surface area contributed by atoms with Crippen LogP contribution in [0.4, 0.5) is 5.69 Å². The zero-order valence-electron chi connectivity index (χ0n) is 14.2. The van der Waals surface area contributed by atoms with Crippen LogP contribution in [0, 0.1) is 0 Å². The minimum atomic E-state index is -1.05. The zero-order valence-corrected chi connectivity index (χ0v) is 15.0. The fourth-order valence-corrected chi connectivity index (χ4v) is 3.23. The van der Waals surface area contributed by atoms with Gasteiger partial charge in [0.05, 0.1) is 12.8 Å². The monoisotopic (exact) mass is 371 g/mol. The highest BCUT2D eigenvalue weighted by molar-refractivity contribution is 6.39. The van der Waals surface area contributed by atoms with E-state index in [9.17, 15) is 14.7 Å². The summed E-state index contributed by atoms with van der Waals surface area (Å²) >= 11 is 6.18. The minimum absolute atomic E-state index is 0.163. The van der Waals surface area contributed by atoms with Crippen LogP contribution in [0.1, 0.15) is 19.3 Å². The molecule has 2 aromatic carbocycles. The number of ether oxygens (including phenoxy) is 1. The van der Waals surface area contributed by atoms with Gasteiger partial charge >= 0.3 is 5.97 Å². The van der Waals surface area contributed by atoms with Crippen LogP contribution >= 0.6 is 11.8 Å². The quantitative estimate of drug-likeness (QED) is 0.790. The molecule has 3 rings (SSSR count). The second-order valence-electron chi connectivity index (χ2n) is 5.98. The number of aliphatic carboxylic acids is 1. The van der Waals surface area contributed by atoms with Crippen molar-refractivity contribution in [2.24, 2.45) is 0 Å². The first-order chi connectivity index (χ1) is 12.5. The second kappa shape index (κ2) is 7.62. The van der Waals surface area contributed by atoms with Crippen LogP contribution in [0.2, 0.25) is 0 Å². The molecule has 0 bridgehead atoms. The third-order valence-electron chi connectivity index (χ3n) is 4.43. The molecule has 0 radical (unpaired) electrons. The molecule has 26 heavy (non-hydrogen) atoms. The van der Waals surface area contributed by atoms with Crippen molar-refractivity contribution >= 4 is 29.3 Å². The van der Waals surface area contributed by atoms with Crippen LogP contribution < -0.4 is 9.16 Å². The van der Waals surface area contributed by atoms with Gasteiger partial charge in [0.15, 0.2) is 0 Å². The topological polar surface area (TPSA) is 66.8 Å². The van der Waals surface area contributed by atoms with Crippen molar-refractivity contribution in [3.63, 3.8) is 0 Å². The highest BCUT2D eigenvalue weighted by Crippen LogP contribution is 2.31. The number of halogens is 1. The molecule has 1 aliphatic rings. The molecule has 5 nitrogen and oxygen atoms in total. The number of rotatable bonds is 5. The maximum absolute atomic E-state index is 12.5. The number of nitrogens with zero attached hydrogens (tertiary/aromatic N) is 1. The Bertz CT molecular complexity index is 856. The fourth-order valence-electron chi connectivity index (χ4n) is 3.02. The Morgan fingerprint density at radius 3 is 2.04 bits per heavy atom. The van der Waals surface area contributed by atoms with Gasteiger partial charge in [-0.2, -0.15) is 0 Å². The van der Waals surface area contributed by atoms with Gasteiger partial charge in [0.1, 0.15) is 5.75 Å². The normalized spacial score (nSPS) is 13.6. The zero-order chi connectivity index (χ0) is 18.7. The molecule has 0 aliphatic heterocycles. The molecule has 0 atom stereocenters. The summed E-state index contributed by atoms with van der Waals surface area (Å²) in [5, 5.41) is 9.20. The van der Waals surface area contributed by atoms with Crippen LogP contribution in [-0.4, -0.2) is 24.1 Å². The number of carbonyl (C=O) groups is 2. The number of anilines is 1. The predicted molar refractivity (Wildman–Crippen MR) is 100 cm³/mol. The number of carboxylic acid groups (broad SMARTS) is 1. The lowest BCUT2D eigenvalue weighted by molar-refractivity contribution is -0.133. The first-order valence-corrected chi connectivity index (χ1v) is 8.55. The molecule has 0 spiro atoms. The number of carboxylic acids is 1. The molecule has 0 unspecified atom stereocenters. The maximum atomic E-state index is 12.5. The lowest BCUT2D eigenvalue weighted by Crippen LogP contribution is -2.23. The standard InChI is InChI=1S/C20H18ClNO4/c1-26-16-11-7-14(8-12-16)13-5-9-15(10-6-13)22(21)19(23)17-3-2-4-18(17)20(24)25/h5-12H,2-4H2,1H3,(H,24,25). The third-order valence-corrected chi connectivity index (χ3v) is 4.78. The highest BCUT2D eigenvalue weighted by Gasteiger charge is 2.28. The molecule has 134 valence electrons. The maximum Gasteiger partial charge on any atom is 0.332 e. The molecule has 0 aromatic heterocycles. The van der Waals surface area contributed by atoms with Gasteiger partial charge in [-0.1, -0.05) is 24.3 Å². The van der Waals surface area contributed by atoms with Gasteiger partial charge in [-0.25, -0.2) is 9.21 Å². The van der Waals surface area contributed by atoms with Crippen molar-refractivity contribution in [3.05, 3.63) is 59.7 Å². The van der Waals surface area contributed by atoms with Crippen molar-refractivity contribution in [2.75, 3.05) is 11.5 Å². The first kappa shape index (κ1) is 18.0. The van der Waals surface area contributed by atoms with E-state index in [0.717, 1.165) is 21.3 Å². The average molecular weight is 372 g/mol. The van der Waals surface area contributed by atoms with Crippen molar-refractivity contribution in [2.45, 2.75) is 19.3 Å². The van der Waals surface area contributed by atoms with E-state index < -0.39 is 11.9 Å². The lowest BCUT2D eigenvalue weighted by atomic mass is 10.1. The Labute approximate surface area is 156 Å². The number of benzene rings is 2. The van der Waals surface area contributed by atoms with E-state index in [0.29, 0.717) is 24.9 Å². The minimum Gasteiger partial charge on any atom is -0.497 e. The third kappa shape index (κ3) is 3.58. The van der Waals surface area contributed by atoms with Gasteiger partial charge in [0.25, 0.3) is 5.91 Å². The smallest absolute Gasteiger partial charge is 0.332 e. The molecule has 0 saturated carbocycles. The second-order valence-corrected chi connectivity index (χ2v) is 6.32. The molecule has 1 amide bonds. The summed E-state index contributed by atoms with van der Waals surface area (Å²) < 4.78 is 6.14. The summed E-state index contributed by atoms with van der Waals surface area (Å²) in [6.07, 6.45) is 1.50. The Balaban J connectivity index is 1.80. The van der Waals surface area contributed by atoms with Crippen molar-refractivity contribution in [3.8, 4) is 16.9 Å². The molecular weight excluding hydrogens is 354 g/mol. The summed E-state index contributed by atoms with van der Waals surface area (Å²) in [6.45, 7) is 0. The van der Waals surface area contributed by atoms with E-state index in [1.165, 1.54) is 0 Å². The van der Waals surface area contributed by atoms with E-state index in [1.807, 2.05) is 36.4 Å². The first-order valence-electron chi connectivity index (χ1n) is 8.21. The van der Waals surface area contributed by atoms with E-state index >= 15 is 0 Å². The average Bonchev–Trinajstić information content (AvgIpc) is 3.17. The molecule has 1 N–H and O–H groups in total. The summed E-state index contributed by atoms with van der Waals surface area (Å²) in [4.78, 5) is 23.8. The molecule has 6 heteroatoms. The number of carbonyl (C=O) groups excluding carboxylic acids is 1. The molecule has 0 saturated heterocycles. The van der Waals surface area contributed by atoms with Gasteiger partial charge in [0, 0.05) is 22.9 Å². The van der Waals surface area contributed by atoms with Gasteiger partial charge in [-0.05, 0) is 54.7 Å². The lowest BCUT2D eigenvalue weighted by Gasteiger charge is -2.16. The van der Waals surface area contributed by atoms with Gasteiger partial charge in [-0.15, -0.1) is 0 Å². The van der Waals surface area contributed by atoms with Crippen molar-refractivity contribution in [1.82, 2.24) is 0 Å². The van der Waals surface area contributed by atoms with Crippen molar-refractivity contribution in [1.29, 1.82) is 0 Å². The van der Waals surface area contributed by atoms with Crippen LogP contribution in [0.25, 0.3) is 11.1 Å².